The second-order valence-electron chi connectivity index (χ2n) is 28.0. The Hall–Kier alpha value is -1.94. The topological polar surface area (TPSA) is 237 Å². The predicted molar refractivity (Wildman–Crippen MR) is 372 cm³/mol. The molecule has 0 bridgehead atoms. The lowest BCUT2D eigenvalue weighted by Gasteiger charge is -2.21. The van der Waals surface area contributed by atoms with Crippen LogP contribution in [0.1, 0.15) is 364 Å². The molecule has 0 saturated carbocycles. The van der Waals surface area contributed by atoms with E-state index in [4.69, 9.17) is 37.0 Å². The normalized spacial score (nSPS) is 14.5. The molecular formula is C73H142O17P2. The highest BCUT2D eigenvalue weighted by molar-refractivity contribution is 7.47. The Bertz CT molecular complexity index is 1820. The van der Waals surface area contributed by atoms with Crippen molar-refractivity contribution in [3.05, 3.63) is 0 Å². The van der Waals surface area contributed by atoms with Gasteiger partial charge in [0.2, 0.25) is 0 Å². The lowest BCUT2D eigenvalue weighted by Crippen LogP contribution is -2.30. The van der Waals surface area contributed by atoms with E-state index in [0.717, 1.165) is 114 Å². The molecule has 0 aliphatic heterocycles. The van der Waals surface area contributed by atoms with E-state index >= 15 is 0 Å². The second-order valence-corrected chi connectivity index (χ2v) is 30.9. The Morgan fingerprint density at radius 3 is 0.772 bits per heavy atom. The molecular weight excluding hydrogens is 1210 g/mol. The number of unbranched alkanes of at least 4 members (excludes halogenated alkanes) is 35. The van der Waals surface area contributed by atoms with Gasteiger partial charge in [-0.05, 0) is 49.4 Å². The van der Waals surface area contributed by atoms with Crippen LogP contribution in [0.4, 0.5) is 0 Å². The van der Waals surface area contributed by atoms with E-state index in [9.17, 15) is 43.2 Å². The van der Waals surface area contributed by atoms with E-state index in [-0.39, 0.29) is 25.7 Å². The van der Waals surface area contributed by atoms with Crippen LogP contribution in [0.2, 0.25) is 0 Å². The van der Waals surface area contributed by atoms with Gasteiger partial charge in [0.15, 0.2) is 12.2 Å². The van der Waals surface area contributed by atoms with Crippen LogP contribution in [0.25, 0.3) is 0 Å². The van der Waals surface area contributed by atoms with Crippen LogP contribution in [0.3, 0.4) is 0 Å². The molecule has 0 rings (SSSR count). The molecule has 3 N–H and O–H groups in total. The fourth-order valence-corrected chi connectivity index (χ4v) is 12.6. The number of ether oxygens (including phenoxy) is 4. The Morgan fingerprint density at radius 2 is 0.522 bits per heavy atom. The molecule has 0 heterocycles. The maximum Gasteiger partial charge on any atom is 0.472 e. The van der Waals surface area contributed by atoms with Crippen molar-refractivity contribution in [1.29, 1.82) is 0 Å². The highest BCUT2D eigenvalue weighted by atomic mass is 31.2. The summed E-state index contributed by atoms with van der Waals surface area (Å²) < 4.78 is 68.4. The third-order valence-corrected chi connectivity index (χ3v) is 19.1. The molecule has 17 nitrogen and oxygen atoms in total. The summed E-state index contributed by atoms with van der Waals surface area (Å²) in [6.45, 7) is 14.2. The Balaban J connectivity index is 5.27. The van der Waals surface area contributed by atoms with E-state index in [0.29, 0.717) is 25.7 Å². The molecule has 546 valence electrons. The highest BCUT2D eigenvalue weighted by Gasteiger charge is 2.30. The van der Waals surface area contributed by atoms with Gasteiger partial charge in [-0.15, -0.1) is 0 Å². The van der Waals surface area contributed by atoms with Gasteiger partial charge in [0.25, 0.3) is 0 Å². The Morgan fingerprint density at radius 1 is 0.304 bits per heavy atom. The van der Waals surface area contributed by atoms with Gasteiger partial charge in [-0.2, -0.15) is 0 Å². The molecule has 0 fully saturated rings. The third kappa shape index (κ3) is 65.4. The number of carbonyl (C=O) groups excluding carboxylic acids is 4. The summed E-state index contributed by atoms with van der Waals surface area (Å²) >= 11 is 0. The Kier molecular flexibility index (Phi) is 61.3. The van der Waals surface area contributed by atoms with Crippen molar-refractivity contribution in [2.45, 2.75) is 382 Å². The van der Waals surface area contributed by atoms with Crippen molar-refractivity contribution in [3.8, 4) is 0 Å². The van der Waals surface area contributed by atoms with Crippen LogP contribution >= 0.6 is 15.6 Å². The lowest BCUT2D eigenvalue weighted by molar-refractivity contribution is -0.161. The number of rotatable bonds is 70. The first-order chi connectivity index (χ1) is 44.1. The zero-order chi connectivity index (χ0) is 68.2. The molecule has 0 spiro atoms. The maximum atomic E-state index is 13.0. The summed E-state index contributed by atoms with van der Waals surface area (Å²) in [7, 11) is -9.91. The molecule has 6 atom stereocenters. The fraction of sp³-hybridized carbons (Fsp3) is 0.945. The number of esters is 4. The van der Waals surface area contributed by atoms with Crippen molar-refractivity contribution >= 4 is 39.5 Å². The number of carbonyl (C=O) groups is 4. The minimum absolute atomic E-state index is 0.104. The van der Waals surface area contributed by atoms with Gasteiger partial charge < -0.3 is 33.8 Å². The standard InChI is InChI=1S/C73H142O17P2/c1-9-66(8)52-44-36-28-23-24-30-38-46-54-71(76)84-60-69(90-73(78)56-48-40-32-22-16-19-27-35-43-51-65(6)7)62-88-92(81,82)86-58-67(74)57-85-91(79,80)87-61-68(59-83-70(75)53-45-37-29-21-15-18-26-34-42-50-64(4)5)89-72(77)55-47-39-31-20-14-12-10-11-13-17-25-33-41-49-63(2)3/h63-69,74H,9-62H2,1-8H3,(H,79,80)(H,81,82)/t66?,67-,68-,69-/m1/s1. The van der Waals surface area contributed by atoms with Crippen LogP contribution in [-0.4, -0.2) is 96.7 Å². The van der Waals surface area contributed by atoms with Gasteiger partial charge in [-0.25, -0.2) is 9.13 Å². The van der Waals surface area contributed by atoms with Gasteiger partial charge >= 0.3 is 39.5 Å². The highest BCUT2D eigenvalue weighted by Crippen LogP contribution is 2.45. The van der Waals surface area contributed by atoms with Crippen molar-refractivity contribution in [1.82, 2.24) is 0 Å². The molecule has 0 aromatic rings. The average Bonchev–Trinajstić information content (AvgIpc) is 2.33. The smallest absolute Gasteiger partial charge is 0.462 e. The van der Waals surface area contributed by atoms with Gasteiger partial charge in [-0.1, -0.05) is 312 Å². The predicted octanol–water partition coefficient (Wildman–Crippen LogP) is 20.9. The van der Waals surface area contributed by atoms with E-state index in [1.807, 2.05) is 0 Å². The van der Waals surface area contributed by atoms with Crippen molar-refractivity contribution in [3.63, 3.8) is 0 Å². The average molecular weight is 1350 g/mol. The molecule has 0 aliphatic rings. The first kappa shape index (κ1) is 90.1. The summed E-state index contributed by atoms with van der Waals surface area (Å²) in [5.74, 6) is 0.919. The Labute approximate surface area is 562 Å². The van der Waals surface area contributed by atoms with Crippen LogP contribution in [0, 0.1) is 23.7 Å². The largest absolute Gasteiger partial charge is 0.472 e. The molecule has 0 radical (unpaired) electrons. The quantitative estimate of drug-likeness (QED) is 0.0222. The van der Waals surface area contributed by atoms with Crippen LogP contribution in [0.15, 0.2) is 0 Å². The maximum absolute atomic E-state index is 13.0. The zero-order valence-electron chi connectivity index (χ0n) is 60.2. The monoisotopic (exact) mass is 1350 g/mol. The van der Waals surface area contributed by atoms with Crippen LogP contribution < -0.4 is 0 Å². The summed E-state index contributed by atoms with van der Waals surface area (Å²) in [5, 5.41) is 10.6. The summed E-state index contributed by atoms with van der Waals surface area (Å²) in [4.78, 5) is 72.7. The van der Waals surface area contributed by atoms with Gasteiger partial charge in [0, 0.05) is 25.7 Å². The first-order valence-corrected chi connectivity index (χ1v) is 40.7. The number of aliphatic hydroxyl groups excluding tert-OH is 1. The molecule has 19 heteroatoms. The van der Waals surface area contributed by atoms with Gasteiger partial charge in [-0.3, -0.25) is 37.3 Å². The second kappa shape index (κ2) is 62.6. The van der Waals surface area contributed by atoms with Crippen LogP contribution in [0.5, 0.6) is 0 Å². The molecule has 0 aliphatic carbocycles. The first-order valence-electron chi connectivity index (χ1n) is 37.7. The van der Waals surface area contributed by atoms with Crippen molar-refractivity contribution in [2.24, 2.45) is 23.7 Å². The summed E-state index contributed by atoms with van der Waals surface area (Å²) in [6, 6.07) is 0. The third-order valence-electron chi connectivity index (χ3n) is 17.2. The zero-order valence-corrected chi connectivity index (χ0v) is 62.0. The SMILES string of the molecule is CCC(C)CCCCCCCCCCC(=O)OC[C@H](COP(=O)(O)OC[C@H](O)COP(=O)(O)OC[C@@H](COC(=O)CCCCCCCCCCCC(C)C)OC(=O)CCCCCCCCCCCCCCCC(C)C)OC(=O)CCCCCCCCCCCC(C)C. The van der Waals surface area contributed by atoms with E-state index in [1.54, 1.807) is 0 Å². The van der Waals surface area contributed by atoms with Crippen molar-refractivity contribution < 1.29 is 80.2 Å². The van der Waals surface area contributed by atoms with E-state index in [1.165, 1.54) is 167 Å². The molecule has 0 aromatic carbocycles. The van der Waals surface area contributed by atoms with Crippen molar-refractivity contribution in [2.75, 3.05) is 39.6 Å². The number of phosphoric acid groups is 2. The number of hydrogen-bond acceptors (Lipinski definition) is 15. The lowest BCUT2D eigenvalue weighted by atomic mass is 9.99. The van der Waals surface area contributed by atoms with E-state index in [2.05, 4.69) is 55.4 Å². The van der Waals surface area contributed by atoms with E-state index < -0.39 is 97.5 Å². The molecule has 0 amide bonds. The minimum Gasteiger partial charge on any atom is -0.462 e. The van der Waals surface area contributed by atoms with Gasteiger partial charge in [0.1, 0.15) is 19.3 Å². The fourth-order valence-electron chi connectivity index (χ4n) is 11.0. The molecule has 92 heavy (non-hydrogen) atoms. The molecule has 0 aromatic heterocycles. The number of phosphoric ester groups is 2. The number of aliphatic hydroxyl groups is 1. The summed E-state index contributed by atoms with van der Waals surface area (Å²) in [6.07, 6.45) is 45.7. The number of hydrogen-bond donors (Lipinski definition) is 3. The minimum atomic E-state index is -4.96. The van der Waals surface area contributed by atoms with Crippen LogP contribution in [-0.2, 0) is 65.4 Å². The summed E-state index contributed by atoms with van der Waals surface area (Å²) in [5.41, 5.74) is 0. The molecule has 3 unspecified atom stereocenters. The molecule has 0 saturated heterocycles. The van der Waals surface area contributed by atoms with Gasteiger partial charge in [0.05, 0.1) is 26.4 Å².